The summed E-state index contributed by atoms with van der Waals surface area (Å²) in [7, 11) is 1.33. The number of carbonyl (C=O) groups is 2. The van der Waals surface area contributed by atoms with Crippen molar-refractivity contribution in [3.05, 3.63) is 58.7 Å². The zero-order valence-electron chi connectivity index (χ0n) is 15.9. The third kappa shape index (κ3) is 4.42. The summed E-state index contributed by atoms with van der Waals surface area (Å²) in [4.78, 5) is 24.5. The Kier molecular flexibility index (Phi) is 6.39. The Morgan fingerprint density at radius 3 is 2.42 bits per heavy atom. The van der Waals surface area contributed by atoms with Gasteiger partial charge in [-0.25, -0.2) is 4.79 Å². The number of methoxy groups -OCH3 is 1. The summed E-state index contributed by atoms with van der Waals surface area (Å²) < 4.78 is 10.6. The van der Waals surface area contributed by atoms with Gasteiger partial charge in [-0.3, -0.25) is 4.79 Å². The van der Waals surface area contributed by atoms with Gasteiger partial charge in [0.15, 0.2) is 6.10 Å². The highest BCUT2D eigenvalue weighted by atomic mass is 16.5. The number of nitrogens with one attached hydrogen (secondary N) is 1. The van der Waals surface area contributed by atoms with Crippen molar-refractivity contribution < 1.29 is 19.1 Å². The Labute approximate surface area is 154 Å². The van der Waals surface area contributed by atoms with Gasteiger partial charge < -0.3 is 14.8 Å². The van der Waals surface area contributed by atoms with Crippen LogP contribution in [0.5, 0.6) is 5.75 Å². The summed E-state index contributed by atoms with van der Waals surface area (Å²) in [6, 6.07) is 10.9. The summed E-state index contributed by atoms with van der Waals surface area (Å²) in [5, 5.41) is 2.86. The molecule has 0 fully saturated rings. The molecule has 2 rings (SSSR count). The molecule has 0 aliphatic rings. The molecule has 1 N–H and O–H groups in total. The second kappa shape index (κ2) is 8.52. The summed E-state index contributed by atoms with van der Waals surface area (Å²) in [6.45, 7) is 7.70. The molecule has 0 aliphatic heterocycles. The molecule has 1 amide bonds. The van der Waals surface area contributed by atoms with Crippen LogP contribution in [0.4, 0.5) is 5.69 Å². The molecule has 0 aromatic heterocycles. The molecule has 2 aromatic carbocycles. The number of hydrogen-bond acceptors (Lipinski definition) is 4. The van der Waals surface area contributed by atoms with Gasteiger partial charge in [-0.05, 0) is 68.1 Å². The lowest BCUT2D eigenvalue weighted by molar-refractivity contribution is -0.122. The average Bonchev–Trinajstić information content (AvgIpc) is 2.63. The maximum absolute atomic E-state index is 12.7. The molecular formula is C21H25NO4. The van der Waals surface area contributed by atoms with Crippen LogP contribution in [0.2, 0.25) is 0 Å². The largest absolute Gasteiger partial charge is 0.481 e. The minimum absolute atomic E-state index is 0.254. The summed E-state index contributed by atoms with van der Waals surface area (Å²) in [5.41, 5.74) is 3.94. The first-order valence-electron chi connectivity index (χ1n) is 8.60. The molecule has 0 radical (unpaired) electrons. The van der Waals surface area contributed by atoms with Crippen molar-refractivity contribution in [3.63, 3.8) is 0 Å². The number of benzene rings is 2. The van der Waals surface area contributed by atoms with Crippen molar-refractivity contribution in [2.75, 3.05) is 12.4 Å². The van der Waals surface area contributed by atoms with Gasteiger partial charge in [0.2, 0.25) is 0 Å². The molecule has 5 nitrogen and oxygen atoms in total. The second-order valence-corrected chi connectivity index (χ2v) is 6.22. The molecule has 0 unspecified atom stereocenters. The average molecular weight is 355 g/mol. The Balaban J connectivity index is 2.16. The SMILES string of the molecule is CC[C@@H](Oc1ccc(C)c(C)c1)C(=O)Nc1cccc(C(=O)OC)c1C. The number of ether oxygens (including phenoxy) is 2. The van der Waals surface area contributed by atoms with E-state index in [1.54, 1.807) is 25.1 Å². The first-order chi connectivity index (χ1) is 12.4. The third-order valence-corrected chi connectivity index (χ3v) is 4.42. The molecule has 2 aromatic rings. The number of aryl methyl sites for hydroxylation is 2. The highest BCUT2D eigenvalue weighted by molar-refractivity contribution is 5.98. The molecule has 0 heterocycles. The van der Waals surface area contributed by atoms with Gasteiger partial charge in [0.05, 0.1) is 12.7 Å². The van der Waals surface area contributed by atoms with Gasteiger partial charge in [0, 0.05) is 5.69 Å². The zero-order chi connectivity index (χ0) is 19.3. The molecule has 0 bridgehead atoms. The van der Waals surface area contributed by atoms with Gasteiger partial charge in [-0.1, -0.05) is 19.1 Å². The van der Waals surface area contributed by atoms with Gasteiger partial charge in [0.1, 0.15) is 5.75 Å². The van der Waals surface area contributed by atoms with Crippen LogP contribution >= 0.6 is 0 Å². The minimum atomic E-state index is -0.627. The van der Waals surface area contributed by atoms with Crippen molar-refractivity contribution >= 4 is 17.6 Å². The molecule has 26 heavy (non-hydrogen) atoms. The van der Waals surface area contributed by atoms with Gasteiger partial charge in [-0.2, -0.15) is 0 Å². The van der Waals surface area contributed by atoms with Crippen LogP contribution in [-0.4, -0.2) is 25.1 Å². The normalized spacial score (nSPS) is 11.6. The molecule has 0 saturated heterocycles. The molecule has 5 heteroatoms. The monoisotopic (exact) mass is 355 g/mol. The van der Waals surface area contributed by atoms with Crippen molar-refractivity contribution in [2.24, 2.45) is 0 Å². The van der Waals surface area contributed by atoms with E-state index in [-0.39, 0.29) is 5.91 Å². The number of esters is 1. The lowest BCUT2D eigenvalue weighted by atomic mass is 10.1. The topological polar surface area (TPSA) is 64.6 Å². The fourth-order valence-corrected chi connectivity index (χ4v) is 2.59. The molecule has 0 aliphatic carbocycles. The van der Waals surface area contributed by atoms with Crippen molar-refractivity contribution in [1.82, 2.24) is 0 Å². The molecule has 138 valence electrons. The van der Waals surface area contributed by atoms with Gasteiger partial charge >= 0.3 is 5.97 Å². The van der Waals surface area contributed by atoms with Gasteiger partial charge in [-0.15, -0.1) is 0 Å². The van der Waals surface area contributed by atoms with Crippen LogP contribution in [0.15, 0.2) is 36.4 Å². The van der Waals surface area contributed by atoms with E-state index in [4.69, 9.17) is 9.47 Å². The fourth-order valence-electron chi connectivity index (χ4n) is 2.59. The van der Waals surface area contributed by atoms with Crippen LogP contribution in [-0.2, 0) is 9.53 Å². The lowest BCUT2D eigenvalue weighted by Gasteiger charge is -2.19. The standard InChI is InChI=1S/C21H25NO4/c1-6-19(26-16-11-10-13(2)14(3)12-16)20(23)22-18-9-7-8-17(15(18)4)21(24)25-5/h7-12,19H,6H2,1-5H3,(H,22,23)/t19-/m1/s1. The van der Waals surface area contributed by atoms with E-state index < -0.39 is 12.1 Å². The second-order valence-electron chi connectivity index (χ2n) is 6.22. The van der Waals surface area contributed by atoms with Crippen molar-refractivity contribution in [3.8, 4) is 5.75 Å². The van der Waals surface area contributed by atoms with Crippen LogP contribution in [0.3, 0.4) is 0 Å². The van der Waals surface area contributed by atoms with Gasteiger partial charge in [0.25, 0.3) is 5.91 Å². The van der Waals surface area contributed by atoms with Crippen LogP contribution in [0.1, 0.15) is 40.4 Å². The Bertz CT molecular complexity index is 814. The van der Waals surface area contributed by atoms with E-state index in [1.165, 1.54) is 12.7 Å². The third-order valence-electron chi connectivity index (χ3n) is 4.42. The lowest BCUT2D eigenvalue weighted by Crippen LogP contribution is -2.32. The quantitative estimate of drug-likeness (QED) is 0.789. The minimum Gasteiger partial charge on any atom is -0.481 e. The fraction of sp³-hybridized carbons (Fsp3) is 0.333. The number of amides is 1. The van der Waals surface area contributed by atoms with Crippen molar-refractivity contribution in [2.45, 2.75) is 40.2 Å². The van der Waals surface area contributed by atoms with E-state index in [9.17, 15) is 9.59 Å². The Hall–Kier alpha value is -2.82. The van der Waals surface area contributed by atoms with E-state index >= 15 is 0 Å². The summed E-state index contributed by atoms with van der Waals surface area (Å²) in [5.74, 6) is -0.0250. The number of hydrogen-bond donors (Lipinski definition) is 1. The number of anilines is 1. The zero-order valence-corrected chi connectivity index (χ0v) is 15.9. The van der Waals surface area contributed by atoms with E-state index in [0.717, 1.165) is 5.56 Å². The van der Waals surface area contributed by atoms with E-state index in [2.05, 4.69) is 5.32 Å². The smallest absolute Gasteiger partial charge is 0.338 e. The van der Waals surface area contributed by atoms with Crippen LogP contribution in [0.25, 0.3) is 0 Å². The first-order valence-corrected chi connectivity index (χ1v) is 8.60. The molecule has 1 atom stereocenters. The van der Waals surface area contributed by atoms with E-state index in [0.29, 0.717) is 29.0 Å². The number of rotatable bonds is 6. The molecule has 0 spiro atoms. The highest BCUT2D eigenvalue weighted by Crippen LogP contribution is 2.22. The van der Waals surface area contributed by atoms with Crippen LogP contribution in [0, 0.1) is 20.8 Å². The predicted octanol–water partition coefficient (Wildman–Crippen LogP) is 4.19. The predicted molar refractivity (Wildman–Crippen MR) is 102 cm³/mol. The molecule has 0 saturated carbocycles. The summed E-state index contributed by atoms with van der Waals surface area (Å²) >= 11 is 0. The van der Waals surface area contributed by atoms with Crippen LogP contribution < -0.4 is 10.1 Å². The summed E-state index contributed by atoms with van der Waals surface area (Å²) in [6.07, 6.45) is -0.104. The Morgan fingerprint density at radius 1 is 1.08 bits per heavy atom. The van der Waals surface area contributed by atoms with Crippen molar-refractivity contribution in [1.29, 1.82) is 0 Å². The maximum atomic E-state index is 12.7. The number of carbonyl (C=O) groups excluding carboxylic acids is 2. The highest BCUT2D eigenvalue weighted by Gasteiger charge is 2.21. The first kappa shape index (κ1) is 19.5. The molecular weight excluding hydrogens is 330 g/mol. The van der Waals surface area contributed by atoms with E-state index in [1.807, 2.05) is 39.0 Å². The maximum Gasteiger partial charge on any atom is 0.338 e. The Morgan fingerprint density at radius 2 is 1.81 bits per heavy atom.